The summed E-state index contributed by atoms with van der Waals surface area (Å²) in [7, 11) is 0. The fraction of sp³-hybridized carbons (Fsp3) is 0.556. The van der Waals surface area contributed by atoms with E-state index < -0.39 is 0 Å². The van der Waals surface area contributed by atoms with Crippen molar-refractivity contribution in [3.63, 3.8) is 0 Å². The Morgan fingerprint density at radius 2 is 2.38 bits per heavy atom. The minimum atomic E-state index is 0.124. The van der Waals surface area contributed by atoms with Crippen molar-refractivity contribution in [2.24, 2.45) is 0 Å². The number of hydrogen-bond donors (Lipinski definition) is 2. The summed E-state index contributed by atoms with van der Waals surface area (Å²) in [6.45, 7) is 4.83. The summed E-state index contributed by atoms with van der Waals surface area (Å²) in [5.41, 5.74) is 1.13. The van der Waals surface area contributed by atoms with Crippen molar-refractivity contribution in [3.05, 3.63) is 20.8 Å². The molecule has 0 fully saturated rings. The van der Waals surface area contributed by atoms with Gasteiger partial charge in [-0.25, -0.2) is 0 Å². The van der Waals surface area contributed by atoms with Crippen molar-refractivity contribution in [1.29, 1.82) is 0 Å². The van der Waals surface area contributed by atoms with Gasteiger partial charge in [0.1, 0.15) is 0 Å². The highest BCUT2D eigenvalue weighted by Gasteiger charge is 2.06. The summed E-state index contributed by atoms with van der Waals surface area (Å²) in [5, 5.41) is 14.9. The van der Waals surface area contributed by atoms with Crippen molar-refractivity contribution in [1.82, 2.24) is 5.32 Å². The number of nitrogens with one attached hydrogen (secondary N) is 1. The van der Waals surface area contributed by atoms with E-state index in [1.165, 1.54) is 0 Å². The van der Waals surface area contributed by atoms with Crippen LogP contribution in [-0.4, -0.2) is 17.8 Å². The molecule has 1 aromatic rings. The number of aliphatic hydroxyl groups excluding tert-OH is 1. The fourth-order valence-corrected chi connectivity index (χ4v) is 2.12. The smallest absolute Gasteiger partial charge is 0.0587 e. The molecule has 74 valence electrons. The predicted octanol–water partition coefficient (Wildman–Crippen LogP) is 2.18. The first-order chi connectivity index (χ1) is 6.15. The number of hydrogen-bond acceptors (Lipinski definition) is 3. The van der Waals surface area contributed by atoms with E-state index in [1.54, 1.807) is 11.3 Å². The number of halogens is 1. The molecule has 1 heterocycles. The van der Waals surface area contributed by atoms with E-state index >= 15 is 0 Å². The summed E-state index contributed by atoms with van der Waals surface area (Å²) in [6.07, 6.45) is 0. The van der Waals surface area contributed by atoms with Crippen molar-refractivity contribution < 1.29 is 5.11 Å². The van der Waals surface area contributed by atoms with Gasteiger partial charge in [-0.05, 0) is 24.8 Å². The fourth-order valence-electron chi connectivity index (χ4n) is 0.934. The molecule has 2 N–H and O–H groups in total. The van der Waals surface area contributed by atoms with Gasteiger partial charge in [0.15, 0.2) is 0 Å². The summed E-state index contributed by atoms with van der Waals surface area (Å²) in [4.78, 5) is 1.14. The molecule has 1 atom stereocenters. The molecule has 0 aliphatic heterocycles. The van der Waals surface area contributed by atoms with Gasteiger partial charge in [-0.1, -0.05) is 11.6 Å². The van der Waals surface area contributed by atoms with Crippen molar-refractivity contribution in [3.8, 4) is 0 Å². The van der Waals surface area contributed by atoms with Crippen LogP contribution in [0.1, 0.15) is 17.4 Å². The maximum Gasteiger partial charge on any atom is 0.0587 e. The maximum absolute atomic E-state index is 8.80. The molecule has 0 aliphatic carbocycles. The van der Waals surface area contributed by atoms with Crippen LogP contribution in [0.25, 0.3) is 0 Å². The first-order valence-electron chi connectivity index (χ1n) is 4.22. The normalized spacial score (nSPS) is 13.2. The lowest BCUT2D eigenvalue weighted by Gasteiger charge is -2.09. The van der Waals surface area contributed by atoms with Crippen LogP contribution in [0, 0.1) is 6.92 Å². The molecule has 0 saturated heterocycles. The number of thiophene rings is 1. The van der Waals surface area contributed by atoms with Gasteiger partial charge in [-0.2, -0.15) is 0 Å². The molecule has 1 aromatic heterocycles. The van der Waals surface area contributed by atoms with Crippen LogP contribution in [0.4, 0.5) is 0 Å². The van der Waals surface area contributed by atoms with Gasteiger partial charge < -0.3 is 10.4 Å². The first-order valence-corrected chi connectivity index (χ1v) is 5.47. The van der Waals surface area contributed by atoms with E-state index in [0.717, 1.165) is 22.0 Å². The molecule has 13 heavy (non-hydrogen) atoms. The molecule has 0 aliphatic rings. The minimum absolute atomic E-state index is 0.124. The molecule has 1 rings (SSSR count). The quantitative estimate of drug-likeness (QED) is 0.814. The third-order valence-corrected chi connectivity index (χ3v) is 3.60. The lowest BCUT2D eigenvalue weighted by molar-refractivity contribution is 0.251. The van der Waals surface area contributed by atoms with E-state index in [2.05, 4.69) is 5.32 Å². The monoisotopic (exact) mass is 219 g/mol. The number of rotatable bonds is 4. The maximum atomic E-state index is 8.80. The van der Waals surface area contributed by atoms with E-state index in [1.807, 2.05) is 19.2 Å². The molecule has 2 nitrogen and oxygen atoms in total. The molecular weight excluding hydrogens is 206 g/mol. The standard InChI is InChI=1S/C9H14ClNOS/c1-6-5-13-8(9(6)10)3-11-7(2)4-12/h5,7,11-12H,3-4H2,1-2H3. The highest BCUT2D eigenvalue weighted by Crippen LogP contribution is 2.26. The second-order valence-electron chi connectivity index (χ2n) is 3.12. The Morgan fingerprint density at radius 1 is 1.69 bits per heavy atom. The van der Waals surface area contributed by atoms with Crippen molar-refractivity contribution in [2.45, 2.75) is 26.4 Å². The van der Waals surface area contributed by atoms with Crippen LogP contribution < -0.4 is 5.32 Å². The lowest BCUT2D eigenvalue weighted by Crippen LogP contribution is -2.28. The molecule has 0 radical (unpaired) electrons. The van der Waals surface area contributed by atoms with Gasteiger partial charge in [-0.3, -0.25) is 0 Å². The largest absolute Gasteiger partial charge is 0.395 e. The summed E-state index contributed by atoms with van der Waals surface area (Å²) in [6, 6.07) is 0.124. The number of aryl methyl sites for hydroxylation is 1. The van der Waals surface area contributed by atoms with Crippen LogP contribution in [0.5, 0.6) is 0 Å². The third-order valence-electron chi connectivity index (χ3n) is 1.85. The highest BCUT2D eigenvalue weighted by molar-refractivity contribution is 7.10. The molecule has 0 bridgehead atoms. The van der Waals surface area contributed by atoms with Gasteiger partial charge in [0.2, 0.25) is 0 Å². The van der Waals surface area contributed by atoms with Crippen molar-refractivity contribution >= 4 is 22.9 Å². The molecule has 0 aromatic carbocycles. The second kappa shape index (κ2) is 4.96. The average Bonchev–Trinajstić information content (AvgIpc) is 2.44. The van der Waals surface area contributed by atoms with E-state index in [0.29, 0.717) is 0 Å². The van der Waals surface area contributed by atoms with Crippen LogP contribution in [0.15, 0.2) is 5.38 Å². The van der Waals surface area contributed by atoms with Gasteiger partial charge >= 0.3 is 0 Å². The van der Waals surface area contributed by atoms with E-state index in [9.17, 15) is 0 Å². The number of aliphatic hydroxyl groups is 1. The van der Waals surface area contributed by atoms with E-state index in [4.69, 9.17) is 16.7 Å². The second-order valence-corrected chi connectivity index (χ2v) is 4.46. The summed E-state index contributed by atoms with van der Waals surface area (Å²) in [5.74, 6) is 0. The topological polar surface area (TPSA) is 32.3 Å². The Labute approximate surface area is 87.5 Å². The van der Waals surface area contributed by atoms with E-state index in [-0.39, 0.29) is 12.6 Å². The molecule has 1 unspecified atom stereocenters. The van der Waals surface area contributed by atoms with Gasteiger partial charge in [0, 0.05) is 17.5 Å². The molecule has 4 heteroatoms. The van der Waals surface area contributed by atoms with Crippen LogP contribution in [0.3, 0.4) is 0 Å². The third kappa shape index (κ3) is 2.95. The zero-order valence-electron chi connectivity index (χ0n) is 7.80. The Balaban J connectivity index is 2.50. The summed E-state index contributed by atoms with van der Waals surface area (Å²) >= 11 is 7.70. The Morgan fingerprint density at radius 3 is 2.85 bits per heavy atom. The minimum Gasteiger partial charge on any atom is -0.395 e. The van der Waals surface area contributed by atoms with Crippen LogP contribution in [-0.2, 0) is 6.54 Å². The first kappa shape index (κ1) is 11.0. The molecule has 0 amide bonds. The van der Waals surface area contributed by atoms with Gasteiger partial charge in [-0.15, -0.1) is 11.3 Å². The summed E-state index contributed by atoms with van der Waals surface area (Å²) < 4.78 is 0. The zero-order chi connectivity index (χ0) is 9.84. The van der Waals surface area contributed by atoms with Crippen LogP contribution >= 0.6 is 22.9 Å². The highest BCUT2D eigenvalue weighted by atomic mass is 35.5. The predicted molar refractivity (Wildman–Crippen MR) is 57.5 cm³/mol. The Kier molecular flexibility index (Phi) is 4.19. The Hall–Kier alpha value is -0.0900. The molecule has 0 saturated carbocycles. The average molecular weight is 220 g/mol. The van der Waals surface area contributed by atoms with Gasteiger partial charge in [0.05, 0.1) is 11.6 Å². The van der Waals surface area contributed by atoms with Gasteiger partial charge in [0.25, 0.3) is 0 Å². The van der Waals surface area contributed by atoms with Crippen molar-refractivity contribution in [2.75, 3.05) is 6.61 Å². The molecule has 0 spiro atoms. The zero-order valence-corrected chi connectivity index (χ0v) is 9.37. The SMILES string of the molecule is Cc1csc(CNC(C)CO)c1Cl. The lowest BCUT2D eigenvalue weighted by atomic mass is 10.3. The van der Waals surface area contributed by atoms with Crippen LogP contribution in [0.2, 0.25) is 5.02 Å². The molecular formula is C9H14ClNOS. The Bertz CT molecular complexity index is 275.